The second kappa shape index (κ2) is 8.54. The summed E-state index contributed by atoms with van der Waals surface area (Å²) in [5.74, 6) is -1.72. The minimum Gasteiger partial charge on any atom is -0.505 e. The molecule has 1 atom stereocenters. The monoisotopic (exact) mass is 429 g/mol. The van der Waals surface area contributed by atoms with Crippen LogP contribution in [0.3, 0.4) is 0 Å². The Morgan fingerprint density at radius 1 is 1.27 bits per heavy atom. The highest BCUT2D eigenvalue weighted by Gasteiger charge is 2.38. The van der Waals surface area contributed by atoms with Crippen LogP contribution < -0.4 is 10.6 Å². The van der Waals surface area contributed by atoms with Crippen molar-refractivity contribution in [2.75, 3.05) is 26.5 Å². The smallest absolute Gasteiger partial charge is 0.279 e. The van der Waals surface area contributed by atoms with Gasteiger partial charge in [0.25, 0.3) is 17.7 Å². The number of hydrogen-bond donors (Lipinski definition) is 3. The van der Waals surface area contributed by atoms with E-state index in [2.05, 4.69) is 15.6 Å². The maximum atomic E-state index is 12.7. The van der Waals surface area contributed by atoms with Crippen LogP contribution in [0.25, 0.3) is 0 Å². The van der Waals surface area contributed by atoms with Gasteiger partial charge in [-0.05, 0) is 18.6 Å². The van der Waals surface area contributed by atoms with Crippen LogP contribution in [0.1, 0.15) is 34.8 Å². The first-order valence-corrected chi connectivity index (χ1v) is 10.2. The number of phenols is 1. The number of nitrogens with one attached hydrogen (secondary N) is 2. The molecule has 2 aromatic rings. The summed E-state index contributed by atoms with van der Waals surface area (Å²) in [7, 11) is 4.53. The molecule has 1 aromatic heterocycles. The molecule has 1 aromatic carbocycles. The number of rotatable bonds is 7. The molecular formula is C20H23N5O4S. The van der Waals surface area contributed by atoms with Crippen molar-refractivity contribution < 1.29 is 19.5 Å². The molecule has 0 radical (unpaired) electrons. The Balaban J connectivity index is 1.99. The van der Waals surface area contributed by atoms with Crippen LogP contribution in [0.15, 0.2) is 41.2 Å². The van der Waals surface area contributed by atoms with E-state index in [9.17, 15) is 19.5 Å². The molecule has 3 amide bonds. The van der Waals surface area contributed by atoms with E-state index in [4.69, 9.17) is 0 Å². The molecule has 9 nitrogen and oxygen atoms in total. The molecule has 158 valence electrons. The first kappa shape index (κ1) is 21.3. The lowest BCUT2D eigenvalue weighted by atomic mass is 10.1. The van der Waals surface area contributed by atoms with E-state index >= 15 is 0 Å². The average molecular weight is 430 g/mol. The topological polar surface area (TPSA) is 115 Å². The predicted octanol–water partition coefficient (Wildman–Crippen LogP) is 1.91. The maximum absolute atomic E-state index is 12.7. The lowest BCUT2D eigenvalue weighted by Gasteiger charge is -2.18. The van der Waals surface area contributed by atoms with E-state index in [0.29, 0.717) is 6.42 Å². The number of carbonyl (C=O) groups excluding carboxylic acids is 3. The number of carbonyl (C=O) groups is 3. The minimum absolute atomic E-state index is 0.00209. The molecule has 0 saturated heterocycles. The number of hydrogen-bond acceptors (Lipinski definition) is 8. The molecule has 0 bridgehead atoms. The van der Waals surface area contributed by atoms with Crippen molar-refractivity contribution in [2.45, 2.75) is 19.4 Å². The molecule has 10 heteroatoms. The third-order valence-corrected chi connectivity index (χ3v) is 5.58. The SMILES string of the molecule is CCC(NC1=C(Nc2cccc(C(=O)N(C)C)c2O)C(=O)N(C)C1=O)c1nccs1. The van der Waals surface area contributed by atoms with Gasteiger partial charge in [-0.2, -0.15) is 0 Å². The Bertz CT molecular complexity index is 1020. The Hall–Kier alpha value is -3.40. The van der Waals surface area contributed by atoms with Gasteiger partial charge in [-0.3, -0.25) is 19.3 Å². The fraction of sp³-hybridized carbons (Fsp3) is 0.300. The van der Waals surface area contributed by atoms with Gasteiger partial charge in [0.1, 0.15) is 16.4 Å². The fourth-order valence-electron chi connectivity index (χ4n) is 3.00. The van der Waals surface area contributed by atoms with Crippen LogP contribution in [0.2, 0.25) is 0 Å². The van der Waals surface area contributed by atoms with E-state index in [-0.39, 0.29) is 40.3 Å². The first-order valence-electron chi connectivity index (χ1n) is 9.29. The fourth-order valence-corrected chi connectivity index (χ4v) is 3.78. The summed E-state index contributed by atoms with van der Waals surface area (Å²) in [5.41, 5.74) is 0.325. The Labute approximate surface area is 178 Å². The van der Waals surface area contributed by atoms with Crippen molar-refractivity contribution in [3.63, 3.8) is 0 Å². The number of likely N-dealkylation sites (N-methyl/N-ethyl adjacent to an activating group) is 1. The van der Waals surface area contributed by atoms with E-state index < -0.39 is 11.8 Å². The Kier molecular flexibility index (Phi) is 6.06. The highest BCUT2D eigenvalue weighted by Crippen LogP contribution is 2.32. The lowest BCUT2D eigenvalue weighted by Crippen LogP contribution is -2.31. The third-order valence-electron chi connectivity index (χ3n) is 4.70. The van der Waals surface area contributed by atoms with E-state index in [1.165, 1.54) is 35.4 Å². The summed E-state index contributed by atoms with van der Waals surface area (Å²) in [6.45, 7) is 1.94. The van der Waals surface area contributed by atoms with Crippen LogP contribution in [-0.2, 0) is 9.59 Å². The number of imide groups is 1. The molecule has 0 aliphatic carbocycles. The molecule has 30 heavy (non-hydrogen) atoms. The lowest BCUT2D eigenvalue weighted by molar-refractivity contribution is -0.136. The summed E-state index contributed by atoms with van der Waals surface area (Å²) in [4.78, 5) is 44.3. The van der Waals surface area contributed by atoms with Gasteiger partial charge in [-0.15, -0.1) is 11.3 Å². The van der Waals surface area contributed by atoms with Crippen molar-refractivity contribution >= 4 is 34.7 Å². The summed E-state index contributed by atoms with van der Waals surface area (Å²) in [6.07, 6.45) is 2.32. The van der Waals surface area contributed by atoms with Crippen molar-refractivity contribution in [1.82, 2.24) is 20.1 Å². The number of nitrogens with zero attached hydrogens (tertiary/aromatic N) is 3. The molecule has 0 fully saturated rings. The number of benzene rings is 1. The summed E-state index contributed by atoms with van der Waals surface area (Å²) >= 11 is 1.45. The number of aromatic hydroxyl groups is 1. The van der Waals surface area contributed by atoms with Gasteiger partial charge in [0.2, 0.25) is 0 Å². The first-order chi connectivity index (χ1) is 14.3. The normalized spacial score (nSPS) is 14.9. The highest BCUT2D eigenvalue weighted by atomic mass is 32.1. The molecule has 3 rings (SSSR count). The van der Waals surface area contributed by atoms with Crippen molar-refractivity contribution in [1.29, 1.82) is 0 Å². The molecule has 0 saturated carbocycles. The van der Waals surface area contributed by atoms with Crippen molar-refractivity contribution in [2.24, 2.45) is 0 Å². The third kappa shape index (κ3) is 3.86. The zero-order valence-corrected chi connectivity index (χ0v) is 17.9. The van der Waals surface area contributed by atoms with Crippen LogP contribution in [0.4, 0.5) is 5.69 Å². The molecule has 2 heterocycles. The zero-order valence-electron chi connectivity index (χ0n) is 17.1. The van der Waals surface area contributed by atoms with Gasteiger partial charge >= 0.3 is 0 Å². The predicted molar refractivity (Wildman–Crippen MR) is 113 cm³/mol. The van der Waals surface area contributed by atoms with Gasteiger partial charge < -0.3 is 20.6 Å². The van der Waals surface area contributed by atoms with Crippen LogP contribution in [0, 0.1) is 0 Å². The minimum atomic E-state index is -0.541. The van der Waals surface area contributed by atoms with E-state index in [1.54, 1.807) is 26.4 Å². The Morgan fingerprint density at radius 2 is 1.97 bits per heavy atom. The molecule has 3 N–H and O–H groups in total. The van der Waals surface area contributed by atoms with Crippen LogP contribution in [0.5, 0.6) is 5.75 Å². The molecular weight excluding hydrogens is 406 g/mol. The summed E-state index contributed by atoms with van der Waals surface area (Å²) in [5, 5.41) is 19.2. The highest BCUT2D eigenvalue weighted by molar-refractivity contribution is 7.09. The van der Waals surface area contributed by atoms with E-state index in [1.807, 2.05) is 12.3 Å². The number of anilines is 1. The number of phenolic OH excluding ortho intramolecular Hbond substituents is 1. The molecule has 0 spiro atoms. The molecule has 1 aliphatic rings. The second-order valence-electron chi connectivity index (χ2n) is 6.92. The molecule has 1 unspecified atom stereocenters. The largest absolute Gasteiger partial charge is 0.505 e. The summed E-state index contributed by atoms with van der Waals surface area (Å²) < 4.78 is 0. The Morgan fingerprint density at radius 3 is 2.57 bits per heavy atom. The zero-order chi connectivity index (χ0) is 22.0. The number of amides is 3. The van der Waals surface area contributed by atoms with Gasteiger partial charge in [0.15, 0.2) is 5.75 Å². The van der Waals surface area contributed by atoms with Crippen molar-refractivity contribution in [3.8, 4) is 5.75 Å². The maximum Gasteiger partial charge on any atom is 0.279 e. The number of aromatic nitrogens is 1. The number of para-hydroxylation sites is 1. The van der Waals surface area contributed by atoms with Gasteiger partial charge in [0.05, 0.1) is 17.3 Å². The van der Waals surface area contributed by atoms with Gasteiger partial charge in [-0.1, -0.05) is 13.0 Å². The summed E-state index contributed by atoms with van der Waals surface area (Å²) in [6, 6.07) is 4.34. The van der Waals surface area contributed by atoms with Gasteiger partial charge in [-0.25, -0.2) is 4.98 Å². The second-order valence-corrected chi connectivity index (χ2v) is 7.85. The van der Waals surface area contributed by atoms with Crippen LogP contribution in [-0.4, -0.2) is 58.8 Å². The van der Waals surface area contributed by atoms with Gasteiger partial charge in [0, 0.05) is 32.7 Å². The number of thiazole rings is 1. The van der Waals surface area contributed by atoms with Crippen molar-refractivity contribution in [3.05, 3.63) is 51.7 Å². The average Bonchev–Trinajstić information content (AvgIpc) is 3.32. The van der Waals surface area contributed by atoms with Crippen LogP contribution >= 0.6 is 11.3 Å². The molecule has 1 aliphatic heterocycles. The quantitative estimate of drug-likeness (QED) is 0.455. The standard InChI is InChI=1S/C20H23N5O4S/c1-5-12(17-21-9-10-30-17)22-14-15(20(29)25(4)19(14)28)23-13-8-6-7-11(16(13)26)18(27)24(2)3/h6-10,12,22-23,26H,5H2,1-4H3. The van der Waals surface area contributed by atoms with E-state index in [0.717, 1.165) is 9.91 Å².